The van der Waals surface area contributed by atoms with Crippen LogP contribution in [0.25, 0.3) is 0 Å². The first kappa shape index (κ1) is 25.6. The largest absolute Gasteiger partial charge is 0.458 e. The van der Waals surface area contributed by atoms with Gasteiger partial charge in [0.25, 0.3) is 0 Å². The van der Waals surface area contributed by atoms with Gasteiger partial charge < -0.3 is 14.6 Å². The third-order valence-electron chi connectivity index (χ3n) is 5.33. The van der Waals surface area contributed by atoms with Crippen molar-refractivity contribution in [3.8, 4) is 0 Å². The van der Waals surface area contributed by atoms with Crippen LogP contribution in [0.5, 0.6) is 0 Å². The average Bonchev–Trinajstić information content (AvgIpc) is 3.26. The zero-order valence-electron chi connectivity index (χ0n) is 19.3. The SMILES string of the molecule is CC(C)(C)OC(=O)C(CCO)N(NC(=O)OCc1ccccc1)C(=O)CCC1CCCC1. The third kappa shape index (κ3) is 8.86. The average molecular weight is 449 g/mol. The molecule has 1 unspecified atom stereocenters. The molecule has 1 aromatic carbocycles. The number of aliphatic hydroxyl groups excluding tert-OH is 1. The van der Waals surface area contributed by atoms with Gasteiger partial charge in [-0.15, -0.1) is 0 Å². The van der Waals surface area contributed by atoms with E-state index in [1.807, 2.05) is 30.3 Å². The molecule has 32 heavy (non-hydrogen) atoms. The van der Waals surface area contributed by atoms with Crippen LogP contribution in [0.3, 0.4) is 0 Å². The van der Waals surface area contributed by atoms with Gasteiger partial charge in [-0.1, -0.05) is 56.0 Å². The second kappa shape index (κ2) is 12.4. The van der Waals surface area contributed by atoms with Crippen molar-refractivity contribution in [2.24, 2.45) is 5.92 Å². The third-order valence-corrected chi connectivity index (χ3v) is 5.33. The molecule has 0 spiro atoms. The van der Waals surface area contributed by atoms with Crippen molar-refractivity contribution in [3.05, 3.63) is 35.9 Å². The minimum atomic E-state index is -1.15. The maximum Gasteiger partial charge on any atom is 0.426 e. The van der Waals surface area contributed by atoms with Gasteiger partial charge >= 0.3 is 12.1 Å². The van der Waals surface area contributed by atoms with Crippen molar-refractivity contribution >= 4 is 18.0 Å². The van der Waals surface area contributed by atoms with Crippen molar-refractivity contribution in [2.45, 2.75) is 84.0 Å². The first-order chi connectivity index (χ1) is 15.2. The van der Waals surface area contributed by atoms with E-state index < -0.39 is 29.6 Å². The molecular weight excluding hydrogens is 412 g/mol. The van der Waals surface area contributed by atoms with Crippen molar-refractivity contribution in [1.82, 2.24) is 10.4 Å². The van der Waals surface area contributed by atoms with E-state index in [9.17, 15) is 19.5 Å². The Kier molecular flexibility index (Phi) is 9.97. The highest BCUT2D eigenvalue weighted by Gasteiger charge is 2.35. The first-order valence-corrected chi connectivity index (χ1v) is 11.3. The summed E-state index contributed by atoms with van der Waals surface area (Å²) in [5.41, 5.74) is 2.44. The number of carbonyl (C=O) groups excluding carboxylic acids is 3. The summed E-state index contributed by atoms with van der Waals surface area (Å²) in [5.74, 6) is -0.620. The number of aliphatic hydroxyl groups is 1. The van der Waals surface area contributed by atoms with Crippen LogP contribution >= 0.6 is 0 Å². The number of rotatable bonds is 9. The van der Waals surface area contributed by atoms with Gasteiger partial charge in [-0.2, -0.15) is 0 Å². The molecule has 0 radical (unpaired) electrons. The lowest BCUT2D eigenvalue weighted by Crippen LogP contribution is -2.56. The van der Waals surface area contributed by atoms with Gasteiger partial charge in [0, 0.05) is 19.4 Å². The van der Waals surface area contributed by atoms with Crippen molar-refractivity contribution < 1.29 is 29.0 Å². The fraction of sp³-hybridized carbons (Fsp3) is 0.625. The molecule has 1 fully saturated rings. The molecule has 178 valence electrons. The van der Waals surface area contributed by atoms with E-state index in [-0.39, 0.29) is 26.1 Å². The van der Waals surface area contributed by atoms with Crippen LogP contribution in [0, 0.1) is 5.92 Å². The lowest BCUT2D eigenvalue weighted by atomic mass is 10.0. The van der Waals surface area contributed by atoms with Gasteiger partial charge in [0.1, 0.15) is 12.2 Å². The van der Waals surface area contributed by atoms with E-state index in [0.717, 1.165) is 36.3 Å². The van der Waals surface area contributed by atoms with Crippen molar-refractivity contribution in [2.75, 3.05) is 6.61 Å². The number of benzene rings is 1. The number of nitrogens with one attached hydrogen (secondary N) is 1. The van der Waals surface area contributed by atoms with Crippen LogP contribution in [0.2, 0.25) is 0 Å². The van der Waals surface area contributed by atoms with Gasteiger partial charge in [0.05, 0.1) is 0 Å². The van der Waals surface area contributed by atoms with Gasteiger partial charge in [-0.05, 0) is 38.7 Å². The van der Waals surface area contributed by atoms with E-state index in [4.69, 9.17) is 9.47 Å². The lowest BCUT2D eigenvalue weighted by molar-refractivity contribution is -0.167. The molecular formula is C24H36N2O6. The zero-order valence-corrected chi connectivity index (χ0v) is 19.3. The fourth-order valence-electron chi connectivity index (χ4n) is 3.76. The Morgan fingerprint density at radius 3 is 2.41 bits per heavy atom. The second-order valence-electron chi connectivity index (χ2n) is 9.19. The smallest absolute Gasteiger partial charge is 0.426 e. The molecule has 8 nitrogen and oxygen atoms in total. The minimum Gasteiger partial charge on any atom is -0.458 e. The topological polar surface area (TPSA) is 105 Å². The summed E-state index contributed by atoms with van der Waals surface area (Å²) in [6.45, 7) is 4.82. The number of amides is 2. The Labute approximate surface area is 190 Å². The minimum absolute atomic E-state index is 0.0217. The molecule has 8 heteroatoms. The molecule has 0 aliphatic heterocycles. The Balaban J connectivity index is 2.10. The summed E-state index contributed by atoms with van der Waals surface area (Å²) in [5, 5.41) is 10.5. The highest BCUT2D eigenvalue weighted by atomic mass is 16.6. The molecule has 2 amide bonds. The molecule has 1 atom stereocenters. The molecule has 0 heterocycles. The zero-order chi connectivity index (χ0) is 23.6. The predicted molar refractivity (Wildman–Crippen MR) is 119 cm³/mol. The van der Waals surface area contributed by atoms with Crippen LogP contribution in [0.15, 0.2) is 30.3 Å². The number of hydrazine groups is 1. The van der Waals surface area contributed by atoms with E-state index in [0.29, 0.717) is 12.3 Å². The number of hydrogen-bond donors (Lipinski definition) is 2. The van der Waals surface area contributed by atoms with Gasteiger partial charge in [0.2, 0.25) is 5.91 Å². The van der Waals surface area contributed by atoms with Gasteiger partial charge in [0.15, 0.2) is 6.04 Å². The standard InChI is InChI=1S/C24H36N2O6/c1-24(2,3)32-22(29)20(15-16-27)26(21(28)14-13-18-9-7-8-10-18)25-23(30)31-17-19-11-5-4-6-12-19/h4-6,11-12,18,20,27H,7-10,13-17H2,1-3H3,(H,25,30). The van der Waals surface area contributed by atoms with Crippen molar-refractivity contribution in [3.63, 3.8) is 0 Å². The predicted octanol–water partition coefficient (Wildman–Crippen LogP) is 3.72. The highest BCUT2D eigenvalue weighted by molar-refractivity contribution is 5.86. The maximum atomic E-state index is 13.1. The second-order valence-corrected chi connectivity index (χ2v) is 9.19. The van der Waals surface area contributed by atoms with E-state index in [2.05, 4.69) is 5.43 Å². The molecule has 1 aromatic rings. The highest BCUT2D eigenvalue weighted by Crippen LogP contribution is 2.29. The van der Waals surface area contributed by atoms with Crippen LogP contribution < -0.4 is 5.43 Å². The molecule has 1 aliphatic carbocycles. The summed E-state index contributed by atoms with van der Waals surface area (Å²) in [4.78, 5) is 38.3. The normalized spacial score (nSPS) is 15.1. The Bertz CT molecular complexity index is 741. The summed E-state index contributed by atoms with van der Waals surface area (Å²) in [6.07, 6.45) is 4.47. The maximum absolute atomic E-state index is 13.1. The van der Waals surface area contributed by atoms with Gasteiger partial charge in [-0.25, -0.2) is 20.0 Å². The van der Waals surface area contributed by atoms with E-state index in [1.54, 1.807) is 20.8 Å². The van der Waals surface area contributed by atoms with Crippen LogP contribution in [0.4, 0.5) is 4.79 Å². The number of ether oxygens (including phenoxy) is 2. The monoisotopic (exact) mass is 448 g/mol. The number of nitrogens with zero attached hydrogens (tertiary/aromatic N) is 1. The van der Waals surface area contributed by atoms with Crippen LogP contribution in [-0.2, 0) is 25.7 Å². The van der Waals surface area contributed by atoms with Crippen molar-refractivity contribution in [1.29, 1.82) is 0 Å². The fourth-order valence-corrected chi connectivity index (χ4v) is 3.76. The molecule has 0 aromatic heterocycles. The quantitative estimate of drug-likeness (QED) is 0.441. The van der Waals surface area contributed by atoms with Crippen LogP contribution in [0.1, 0.15) is 71.3 Å². The lowest BCUT2D eigenvalue weighted by Gasteiger charge is -2.32. The Morgan fingerprint density at radius 2 is 1.81 bits per heavy atom. The first-order valence-electron chi connectivity index (χ1n) is 11.3. The number of carbonyl (C=O) groups is 3. The number of esters is 1. The van der Waals surface area contributed by atoms with Gasteiger partial charge in [-0.3, -0.25) is 4.79 Å². The Hall–Kier alpha value is -2.61. The number of hydrogen-bond acceptors (Lipinski definition) is 6. The van der Waals surface area contributed by atoms with E-state index in [1.165, 1.54) is 0 Å². The van der Waals surface area contributed by atoms with Crippen LogP contribution in [-0.4, -0.2) is 46.3 Å². The summed E-state index contributed by atoms with van der Waals surface area (Å²) >= 11 is 0. The summed E-state index contributed by atoms with van der Waals surface area (Å²) < 4.78 is 10.7. The summed E-state index contributed by atoms with van der Waals surface area (Å²) in [7, 11) is 0. The molecule has 0 saturated heterocycles. The molecule has 2 rings (SSSR count). The summed E-state index contributed by atoms with van der Waals surface area (Å²) in [6, 6.07) is 7.98. The van der Waals surface area contributed by atoms with E-state index >= 15 is 0 Å². The molecule has 1 aliphatic rings. The molecule has 2 N–H and O–H groups in total. The Morgan fingerprint density at radius 1 is 1.16 bits per heavy atom. The molecule has 1 saturated carbocycles. The molecule has 0 bridgehead atoms.